The molecule has 3 N–H and O–H groups in total. The van der Waals surface area contributed by atoms with Crippen LogP contribution in [0.2, 0.25) is 0 Å². The molecule has 0 fully saturated rings. The largest absolute Gasteiger partial charge is 0.396 e. The summed E-state index contributed by atoms with van der Waals surface area (Å²) >= 11 is 0. The maximum absolute atomic E-state index is 5.86. The van der Waals surface area contributed by atoms with Crippen LogP contribution in [0.25, 0.3) is 0 Å². The first-order chi connectivity index (χ1) is 8.25. The Labute approximate surface area is 101 Å². The fourth-order valence-electron chi connectivity index (χ4n) is 1.61. The summed E-state index contributed by atoms with van der Waals surface area (Å²) < 4.78 is 0. The molecule has 0 saturated heterocycles. The molecular weight excluding hydrogens is 212 g/mol. The first kappa shape index (κ1) is 11.4. The fourth-order valence-corrected chi connectivity index (χ4v) is 1.61. The van der Waals surface area contributed by atoms with Crippen molar-refractivity contribution in [2.75, 3.05) is 17.6 Å². The molecule has 0 atom stereocenters. The van der Waals surface area contributed by atoms with E-state index in [1.165, 1.54) is 5.56 Å². The lowest BCUT2D eigenvalue weighted by atomic mass is 10.2. The third-order valence-corrected chi connectivity index (χ3v) is 2.48. The van der Waals surface area contributed by atoms with E-state index in [1.807, 2.05) is 31.5 Å². The van der Waals surface area contributed by atoms with E-state index in [0.717, 1.165) is 24.3 Å². The number of hydrogen-bond donors (Lipinski definition) is 2. The molecule has 4 nitrogen and oxygen atoms in total. The van der Waals surface area contributed by atoms with Crippen LogP contribution in [-0.2, 0) is 6.42 Å². The van der Waals surface area contributed by atoms with E-state index in [9.17, 15) is 0 Å². The van der Waals surface area contributed by atoms with Crippen LogP contribution >= 0.6 is 0 Å². The molecular formula is C13H16N4. The Morgan fingerprint density at radius 1 is 1.35 bits per heavy atom. The first-order valence-corrected chi connectivity index (χ1v) is 5.60. The van der Waals surface area contributed by atoms with Gasteiger partial charge in [-0.1, -0.05) is 6.07 Å². The number of nitrogens with two attached hydrogens (primary N) is 1. The third-order valence-electron chi connectivity index (χ3n) is 2.48. The van der Waals surface area contributed by atoms with Crippen LogP contribution in [0.5, 0.6) is 0 Å². The van der Waals surface area contributed by atoms with Crippen molar-refractivity contribution >= 4 is 11.5 Å². The molecule has 4 heteroatoms. The Kier molecular flexibility index (Phi) is 3.55. The Bertz CT molecular complexity index is 482. The molecule has 0 aromatic carbocycles. The Morgan fingerprint density at radius 3 is 2.94 bits per heavy atom. The Morgan fingerprint density at radius 2 is 2.24 bits per heavy atom. The minimum absolute atomic E-state index is 0.691. The molecule has 17 heavy (non-hydrogen) atoms. The number of nitrogen functional groups attached to an aromatic ring is 1. The standard InChI is InChI=1S/C13H16N4/c1-10-7-12(14)13(17-8-10)16-6-4-11-3-2-5-15-9-11/h2-3,5,7-9H,4,6,14H2,1H3,(H,16,17). The number of hydrogen-bond acceptors (Lipinski definition) is 4. The smallest absolute Gasteiger partial charge is 0.149 e. The zero-order valence-electron chi connectivity index (χ0n) is 9.85. The van der Waals surface area contributed by atoms with Gasteiger partial charge in [0.2, 0.25) is 0 Å². The number of anilines is 2. The average molecular weight is 228 g/mol. The first-order valence-electron chi connectivity index (χ1n) is 5.60. The second-order valence-electron chi connectivity index (χ2n) is 3.99. The summed E-state index contributed by atoms with van der Waals surface area (Å²) in [6.45, 7) is 2.77. The molecule has 0 amide bonds. The lowest BCUT2D eigenvalue weighted by Crippen LogP contribution is -2.08. The van der Waals surface area contributed by atoms with Gasteiger partial charge in [-0.2, -0.15) is 0 Å². The van der Waals surface area contributed by atoms with Crippen LogP contribution in [0.3, 0.4) is 0 Å². The van der Waals surface area contributed by atoms with Gasteiger partial charge in [0.05, 0.1) is 5.69 Å². The second-order valence-corrected chi connectivity index (χ2v) is 3.99. The van der Waals surface area contributed by atoms with Gasteiger partial charge in [0.25, 0.3) is 0 Å². The lowest BCUT2D eigenvalue weighted by Gasteiger charge is -2.08. The van der Waals surface area contributed by atoms with Crippen LogP contribution in [-0.4, -0.2) is 16.5 Å². The number of aryl methyl sites for hydroxylation is 1. The summed E-state index contributed by atoms with van der Waals surface area (Å²) in [5, 5.41) is 3.22. The van der Waals surface area contributed by atoms with Crippen LogP contribution < -0.4 is 11.1 Å². The van der Waals surface area contributed by atoms with Crippen LogP contribution in [0.4, 0.5) is 11.5 Å². The van der Waals surface area contributed by atoms with Gasteiger partial charge in [-0.25, -0.2) is 4.98 Å². The van der Waals surface area contributed by atoms with Crippen molar-refractivity contribution in [2.45, 2.75) is 13.3 Å². The van der Waals surface area contributed by atoms with Gasteiger partial charge in [-0.15, -0.1) is 0 Å². The highest BCUT2D eigenvalue weighted by atomic mass is 15.0. The van der Waals surface area contributed by atoms with Crippen molar-refractivity contribution in [1.82, 2.24) is 9.97 Å². The molecule has 0 aliphatic carbocycles. The number of nitrogens with zero attached hydrogens (tertiary/aromatic N) is 2. The molecule has 88 valence electrons. The van der Waals surface area contributed by atoms with E-state index in [2.05, 4.69) is 21.4 Å². The number of rotatable bonds is 4. The van der Waals surface area contributed by atoms with E-state index < -0.39 is 0 Å². The molecule has 0 unspecified atom stereocenters. The van der Waals surface area contributed by atoms with Crippen molar-refractivity contribution in [2.24, 2.45) is 0 Å². The van der Waals surface area contributed by atoms with Gasteiger partial charge < -0.3 is 11.1 Å². The molecule has 2 aromatic rings. The van der Waals surface area contributed by atoms with Gasteiger partial charge >= 0.3 is 0 Å². The summed E-state index contributed by atoms with van der Waals surface area (Å²) in [6.07, 6.45) is 6.36. The van der Waals surface area contributed by atoms with E-state index in [4.69, 9.17) is 5.73 Å². The van der Waals surface area contributed by atoms with E-state index in [0.29, 0.717) is 5.69 Å². The zero-order valence-corrected chi connectivity index (χ0v) is 9.85. The lowest BCUT2D eigenvalue weighted by molar-refractivity contribution is 0.994. The quantitative estimate of drug-likeness (QED) is 0.840. The molecule has 0 aliphatic heterocycles. The van der Waals surface area contributed by atoms with Gasteiger partial charge in [-0.05, 0) is 36.6 Å². The molecule has 0 aliphatic rings. The Hall–Kier alpha value is -2.10. The maximum atomic E-state index is 5.86. The minimum atomic E-state index is 0.691. The van der Waals surface area contributed by atoms with Gasteiger partial charge in [-0.3, -0.25) is 4.98 Å². The monoisotopic (exact) mass is 228 g/mol. The topological polar surface area (TPSA) is 63.8 Å². The molecule has 2 rings (SSSR count). The van der Waals surface area contributed by atoms with Gasteiger partial charge in [0.15, 0.2) is 0 Å². The van der Waals surface area contributed by atoms with Crippen LogP contribution in [0.1, 0.15) is 11.1 Å². The molecule has 0 radical (unpaired) electrons. The van der Waals surface area contributed by atoms with Crippen LogP contribution in [0, 0.1) is 6.92 Å². The van der Waals surface area contributed by atoms with Crippen molar-refractivity contribution in [3.63, 3.8) is 0 Å². The maximum Gasteiger partial charge on any atom is 0.149 e. The SMILES string of the molecule is Cc1cnc(NCCc2cccnc2)c(N)c1. The highest BCUT2D eigenvalue weighted by Gasteiger charge is 2.00. The number of pyridine rings is 2. The fraction of sp³-hybridized carbons (Fsp3) is 0.231. The highest BCUT2D eigenvalue weighted by molar-refractivity contribution is 5.61. The van der Waals surface area contributed by atoms with Gasteiger partial charge in [0, 0.05) is 25.1 Å². The average Bonchev–Trinajstić information content (AvgIpc) is 2.33. The van der Waals surface area contributed by atoms with E-state index >= 15 is 0 Å². The molecule has 2 aromatic heterocycles. The van der Waals surface area contributed by atoms with Crippen molar-refractivity contribution in [1.29, 1.82) is 0 Å². The Balaban J connectivity index is 1.90. The van der Waals surface area contributed by atoms with E-state index in [1.54, 1.807) is 6.20 Å². The molecule has 0 spiro atoms. The number of nitrogens with one attached hydrogen (secondary N) is 1. The summed E-state index contributed by atoms with van der Waals surface area (Å²) in [7, 11) is 0. The molecule has 2 heterocycles. The molecule has 0 bridgehead atoms. The van der Waals surface area contributed by atoms with Crippen molar-refractivity contribution in [3.05, 3.63) is 47.9 Å². The predicted octanol–water partition coefficient (Wildman–Crippen LogP) is 2.02. The van der Waals surface area contributed by atoms with Gasteiger partial charge in [0.1, 0.15) is 5.82 Å². The van der Waals surface area contributed by atoms with Crippen LogP contribution in [0.15, 0.2) is 36.8 Å². The summed E-state index contributed by atoms with van der Waals surface area (Å²) in [5.74, 6) is 0.750. The van der Waals surface area contributed by atoms with Crippen molar-refractivity contribution < 1.29 is 0 Å². The zero-order chi connectivity index (χ0) is 12.1. The third kappa shape index (κ3) is 3.17. The minimum Gasteiger partial charge on any atom is -0.396 e. The summed E-state index contributed by atoms with van der Waals surface area (Å²) in [4.78, 5) is 8.33. The summed E-state index contributed by atoms with van der Waals surface area (Å²) in [6, 6.07) is 5.91. The number of aromatic nitrogens is 2. The highest BCUT2D eigenvalue weighted by Crippen LogP contribution is 2.15. The normalized spacial score (nSPS) is 10.2. The summed E-state index contributed by atoms with van der Waals surface area (Å²) in [5.41, 5.74) is 8.82. The molecule has 0 saturated carbocycles. The predicted molar refractivity (Wildman–Crippen MR) is 69.8 cm³/mol. The van der Waals surface area contributed by atoms with E-state index in [-0.39, 0.29) is 0 Å². The second kappa shape index (κ2) is 5.30. The van der Waals surface area contributed by atoms with Crippen molar-refractivity contribution in [3.8, 4) is 0 Å².